The van der Waals surface area contributed by atoms with Crippen LogP contribution in [0.2, 0.25) is 0 Å². The van der Waals surface area contributed by atoms with E-state index in [1.807, 2.05) is 31.2 Å². The van der Waals surface area contributed by atoms with Crippen molar-refractivity contribution in [2.75, 3.05) is 0 Å². The average molecular weight is 195 g/mol. The summed E-state index contributed by atoms with van der Waals surface area (Å²) in [5.41, 5.74) is 3.66. The maximum Gasteiger partial charge on any atom is 0.108 e. The minimum absolute atomic E-state index is 0.855. The molecule has 0 atom stereocenters. The van der Waals surface area contributed by atoms with E-state index in [0.29, 0.717) is 0 Å². The molecule has 15 heavy (non-hydrogen) atoms. The lowest BCUT2D eigenvalue weighted by Gasteiger charge is -2.01. The lowest BCUT2D eigenvalue weighted by molar-refractivity contribution is 1.18. The van der Waals surface area contributed by atoms with Gasteiger partial charge in [-0.2, -0.15) is 0 Å². The molecule has 0 radical (unpaired) electrons. The summed E-state index contributed by atoms with van der Waals surface area (Å²) < 4.78 is 0. The van der Waals surface area contributed by atoms with E-state index >= 15 is 0 Å². The molecule has 3 rings (SSSR count). The van der Waals surface area contributed by atoms with Crippen LogP contribution < -0.4 is 0 Å². The van der Waals surface area contributed by atoms with Gasteiger partial charge in [-0.25, -0.2) is 4.98 Å². The minimum Gasteiger partial charge on any atom is -0.254 e. The first-order valence-electron chi connectivity index (χ1n) is 4.82. The van der Waals surface area contributed by atoms with E-state index in [0.717, 1.165) is 27.6 Å². The van der Waals surface area contributed by atoms with E-state index in [1.54, 1.807) is 12.4 Å². The van der Waals surface area contributed by atoms with Crippen LogP contribution in [0.1, 0.15) is 5.69 Å². The van der Waals surface area contributed by atoms with Crippen molar-refractivity contribution in [3.8, 4) is 0 Å². The zero-order valence-corrected chi connectivity index (χ0v) is 8.31. The molecule has 0 saturated carbocycles. The van der Waals surface area contributed by atoms with Crippen LogP contribution in [0.25, 0.3) is 21.9 Å². The number of para-hydroxylation sites is 1. The van der Waals surface area contributed by atoms with Crippen LogP contribution in [0.15, 0.2) is 36.7 Å². The zero-order chi connectivity index (χ0) is 10.3. The third kappa shape index (κ3) is 1.24. The molecule has 2 aromatic heterocycles. The van der Waals surface area contributed by atoms with E-state index < -0.39 is 0 Å². The molecule has 3 nitrogen and oxygen atoms in total. The van der Waals surface area contributed by atoms with Crippen molar-refractivity contribution in [3.05, 3.63) is 42.4 Å². The molecule has 1 aromatic carbocycles. The number of aromatic nitrogens is 3. The summed E-state index contributed by atoms with van der Waals surface area (Å²) in [7, 11) is 0. The molecular formula is C12H9N3. The van der Waals surface area contributed by atoms with E-state index in [9.17, 15) is 0 Å². The van der Waals surface area contributed by atoms with Gasteiger partial charge >= 0.3 is 0 Å². The van der Waals surface area contributed by atoms with Crippen molar-refractivity contribution in [2.45, 2.75) is 6.92 Å². The maximum absolute atomic E-state index is 4.41. The summed E-state index contributed by atoms with van der Waals surface area (Å²) in [6.45, 7) is 1.93. The van der Waals surface area contributed by atoms with E-state index in [4.69, 9.17) is 0 Å². The largest absolute Gasteiger partial charge is 0.254 e. The highest BCUT2D eigenvalue weighted by atomic mass is 14.8. The Morgan fingerprint density at radius 2 is 1.80 bits per heavy atom. The van der Waals surface area contributed by atoms with Gasteiger partial charge in [0.15, 0.2) is 0 Å². The Bertz CT molecular complexity index is 646. The van der Waals surface area contributed by atoms with Gasteiger partial charge in [0, 0.05) is 11.6 Å². The molecule has 0 aliphatic rings. The molecule has 0 N–H and O–H groups in total. The van der Waals surface area contributed by atoms with Crippen molar-refractivity contribution < 1.29 is 0 Å². The summed E-state index contributed by atoms with van der Waals surface area (Å²) in [4.78, 5) is 13.2. The Kier molecular flexibility index (Phi) is 1.65. The Labute approximate surface area is 86.8 Å². The van der Waals surface area contributed by atoms with Crippen LogP contribution >= 0.6 is 0 Å². The van der Waals surface area contributed by atoms with Crippen LogP contribution in [0.3, 0.4) is 0 Å². The highest BCUT2D eigenvalue weighted by Gasteiger charge is 2.02. The average Bonchev–Trinajstić information content (AvgIpc) is 2.28. The zero-order valence-electron chi connectivity index (χ0n) is 8.31. The highest BCUT2D eigenvalue weighted by molar-refractivity contribution is 6.01. The molecular weight excluding hydrogens is 186 g/mol. The van der Waals surface area contributed by atoms with Gasteiger partial charge in [-0.05, 0) is 13.0 Å². The summed E-state index contributed by atoms with van der Waals surface area (Å²) in [5.74, 6) is 0. The number of hydrogen-bond donors (Lipinski definition) is 0. The molecule has 72 valence electrons. The Morgan fingerprint density at radius 3 is 2.73 bits per heavy atom. The second-order valence-corrected chi connectivity index (χ2v) is 3.52. The number of pyridine rings is 1. The van der Waals surface area contributed by atoms with Crippen LogP contribution in [-0.2, 0) is 0 Å². The number of benzene rings is 1. The maximum atomic E-state index is 4.41. The molecule has 3 heteroatoms. The SMILES string of the molecule is Cc1cnc2c(cnc3ccccc32)n1. The molecule has 0 aliphatic heterocycles. The number of rotatable bonds is 0. The standard InChI is InChI=1S/C12H9N3/c1-8-6-14-12-9-4-2-3-5-10(9)13-7-11(12)15-8/h2-7H,1H3. The van der Waals surface area contributed by atoms with Gasteiger partial charge in [0.2, 0.25) is 0 Å². The topological polar surface area (TPSA) is 38.7 Å². The molecule has 0 fully saturated rings. The molecule has 0 bridgehead atoms. The lowest BCUT2D eigenvalue weighted by Crippen LogP contribution is -1.89. The van der Waals surface area contributed by atoms with Gasteiger partial charge in [-0.15, -0.1) is 0 Å². The fourth-order valence-electron chi connectivity index (χ4n) is 1.71. The van der Waals surface area contributed by atoms with Gasteiger partial charge in [-0.3, -0.25) is 9.97 Å². The normalized spacial score (nSPS) is 11.0. The summed E-state index contributed by atoms with van der Waals surface area (Å²) in [6, 6.07) is 7.97. The van der Waals surface area contributed by atoms with E-state index in [1.165, 1.54) is 0 Å². The second-order valence-electron chi connectivity index (χ2n) is 3.52. The summed E-state index contributed by atoms with van der Waals surface area (Å²) in [5, 5.41) is 1.06. The third-order valence-corrected chi connectivity index (χ3v) is 2.40. The third-order valence-electron chi connectivity index (χ3n) is 2.40. The highest BCUT2D eigenvalue weighted by Crippen LogP contribution is 2.19. The van der Waals surface area contributed by atoms with Crippen molar-refractivity contribution in [3.63, 3.8) is 0 Å². The lowest BCUT2D eigenvalue weighted by atomic mass is 10.2. The van der Waals surface area contributed by atoms with Gasteiger partial charge in [0.1, 0.15) is 5.52 Å². The van der Waals surface area contributed by atoms with Crippen molar-refractivity contribution >= 4 is 21.9 Å². The van der Waals surface area contributed by atoms with Gasteiger partial charge in [0.25, 0.3) is 0 Å². The molecule has 2 heterocycles. The Balaban J connectivity index is 2.55. The van der Waals surface area contributed by atoms with Crippen LogP contribution in [0.4, 0.5) is 0 Å². The van der Waals surface area contributed by atoms with Crippen molar-refractivity contribution in [1.29, 1.82) is 0 Å². The Morgan fingerprint density at radius 1 is 0.933 bits per heavy atom. The van der Waals surface area contributed by atoms with Crippen LogP contribution in [0.5, 0.6) is 0 Å². The molecule has 0 aliphatic carbocycles. The number of fused-ring (bicyclic) bond motifs is 3. The first kappa shape index (κ1) is 8.29. The first-order valence-corrected chi connectivity index (χ1v) is 4.82. The van der Waals surface area contributed by atoms with Crippen LogP contribution in [-0.4, -0.2) is 15.0 Å². The quantitative estimate of drug-likeness (QED) is 0.517. The molecule has 3 aromatic rings. The summed E-state index contributed by atoms with van der Waals surface area (Å²) in [6.07, 6.45) is 3.56. The van der Waals surface area contributed by atoms with Gasteiger partial charge in [-0.1, -0.05) is 18.2 Å². The second kappa shape index (κ2) is 2.98. The van der Waals surface area contributed by atoms with Crippen LogP contribution in [0, 0.1) is 6.92 Å². The fraction of sp³-hybridized carbons (Fsp3) is 0.0833. The molecule has 0 saturated heterocycles. The number of hydrogen-bond acceptors (Lipinski definition) is 3. The van der Waals surface area contributed by atoms with E-state index in [2.05, 4.69) is 15.0 Å². The summed E-state index contributed by atoms with van der Waals surface area (Å²) >= 11 is 0. The van der Waals surface area contributed by atoms with E-state index in [-0.39, 0.29) is 0 Å². The first-order chi connectivity index (χ1) is 7.34. The molecule has 0 spiro atoms. The number of aryl methyl sites for hydroxylation is 1. The monoisotopic (exact) mass is 195 g/mol. The Hall–Kier alpha value is -2.03. The smallest absolute Gasteiger partial charge is 0.108 e. The van der Waals surface area contributed by atoms with Gasteiger partial charge in [0.05, 0.1) is 22.9 Å². The predicted octanol–water partition coefficient (Wildman–Crippen LogP) is 2.49. The van der Waals surface area contributed by atoms with Crippen molar-refractivity contribution in [1.82, 2.24) is 15.0 Å². The van der Waals surface area contributed by atoms with Gasteiger partial charge < -0.3 is 0 Å². The predicted molar refractivity (Wildman–Crippen MR) is 59.6 cm³/mol. The molecule has 0 amide bonds. The van der Waals surface area contributed by atoms with Crippen molar-refractivity contribution in [2.24, 2.45) is 0 Å². The number of nitrogens with zero attached hydrogens (tertiary/aromatic N) is 3. The minimum atomic E-state index is 0.855. The fourth-order valence-corrected chi connectivity index (χ4v) is 1.71. The molecule has 0 unspecified atom stereocenters.